The second-order valence-corrected chi connectivity index (χ2v) is 9.63. The Morgan fingerprint density at radius 3 is 1.92 bits per heavy atom. The second kappa shape index (κ2) is 12.3. The van der Waals surface area contributed by atoms with E-state index in [1.54, 1.807) is 0 Å². The molecule has 0 amide bonds. The van der Waals surface area contributed by atoms with Crippen molar-refractivity contribution in [3.8, 4) is 0 Å². The monoisotopic (exact) mass is 610 g/mol. The average molecular weight is 611 g/mol. The van der Waals surface area contributed by atoms with Gasteiger partial charge < -0.3 is 0 Å². The zero-order chi connectivity index (χ0) is 29.9. The standard InChI is InChI=1S/C25H18Cl2F10O2/c1-12(4-17(38)11-23(29,30)31)5-22(39)18-3-2-13(8-20(18)25(35,36)37)21(28)10-19(24(32,33)34)14-6-15(26)9-16(27)7-14/h2-3,6-10,12,19H,4-5,11H2,1H3/b21-10-/t12-,19?/m1/s1. The molecular formula is C25H18Cl2F10O2. The van der Waals surface area contributed by atoms with Crippen LogP contribution in [-0.2, 0) is 11.0 Å². The van der Waals surface area contributed by atoms with E-state index in [9.17, 15) is 53.5 Å². The van der Waals surface area contributed by atoms with Crippen LogP contribution in [0.4, 0.5) is 43.9 Å². The van der Waals surface area contributed by atoms with Gasteiger partial charge in [-0.25, -0.2) is 4.39 Å². The number of Topliss-reactive ketones (excluding diaryl/α,β-unsaturated/α-hetero) is 2. The number of benzene rings is 2. The molecule has 0 N–H and O–H groups in total. The maximum absolute atomic E-state index is 14.9. The van der Waals surface area contributed by atoms with Crippen LogP contribution >= 0.6 is 23.2 Å². The molecule has 14 heteroatoms. The highest BCUT2D eigenvalue weighted by atomic mass is 35.5. The summed E-state index contributed by atoms with van der Waals surface area (Å²) in [5.41, 5.74) is -4.15. The Kier molecular flexibility index (Phi) is 10.3. The minimum Gasteiger partial charge on any atom is -0.299 e. The van der Waals surface area contributed by atoms with Gasteiger partial charge in [-0.05, 0) is 41.8 Å². The summed E-state index contributed by atoms with van der Waals surface area (Å²) in [6, 6.07) is 4.20. The van der Waals surface area contributed by atoms with Gasteiger partial charge in [-0.15, -0.1) is 0 Å². The van der Waals surface area contributed by atoms with E-state index in [2.05, 4.69) is 0 Å². The van der Waals surface area contributed by atoms with Gasteiger partial charge in [0.1, 0.15) is 23.9 Å². The number of hydrogen-bond donors (Lipinski definition) is 0. The molecular weight excluding hydrogens is 593 g/mol. The van der Waals surface area contributed by atoms with Crippen LogP contribution in [0.2, 0.25) is 10.0 Å². The summed E-state index contributed by atoms with van der Waals surface area (Å²) in [5, 5.41) is -0.394. The summed E-state index contributed by atoms with van der Waals surface area (Å²) >= 11 is 11.4. The smallest absolute Gasteiger partial charge is 0.299 e. The number of allylic oxidation sites excluding steroid dienone is 1. The van der Waals surface area contributed by atoms with E-state index in [1.807, 2.05) is 0 Å². The molecule has 0 saturated heterocycles. The number of halogens is 12. The average Bonchev–Trinajstić information content (AvgIpc) is 2.73. The lowest BCUT2D eigenvalue weighted by molar-refractivity contribution is -0.152. The fraction of sp³-hybridized carbons (Fsp3) is 0.360. The van der Waals surface area contributed by atoms with Gasteiger partial charge in [0.05, 0.1) is 5.56 Å². The van der Waals surface area contributed by atoms with Crippen LogP contribution in [0.5, 0.6) is 0 Å². The maximum Gasteiger partial charge on any atom is 0.417 e. The third-order valence-electron chi connectivity index (χ3n) is 5.32. The first-order valence-electron chi connectivity index (χ1n) is 10.9. The van der Waals surface area contributed by atoms with E-state index < -0.39 is 89.3 Å². The quantitative estimate of drug-likeness (QED) is 0.209. The van der Waals surface area contributed by atoms with Gasteiger partial charge in [-0.2, -0.15) is 39.5 Å². The molecule has 0 heterocycles. The van der Waals surface area contributed by atoms with Gasteiger partial charge in [0.25, 0.3) is 0 Å². The molecule has 0 aromatic heterocycles. The minimum absolute atomic E-state index is 0.0350. The maximum atomic E-state index is 14.9. The number of rotatable bonds is 9. The van der Waals surface area contributed by atoms with Gasteiger partial charge >= 0.3 is 18.5 Å². The van der Waals surface area contributed by atoms with Crippen LogP contribution < -0.4 is 0 Å². The fourth-order valence-corrected chi connectivity index (χ4v) is 4.27. The number of hydrogen-bond acceptors (Lipinski definition) is 2. The molecule has 0 aliphatic heterocycles. The lowest BCUT2D eigenvalue weighted by atomic mass is 9.91. The predicted octanol–water partition coefficient (Wildman–Crippen LogP) is 9.79. The van der Waals surface area contributed by atoms with Crippen molar-refractivity contribution in [1.82, 2.24) is 0 Å². The first-order chi connectivity index (χ1) is 17.7. The predicted molar refractivity (Wildman–Crippen MR) is 124 cm³/mol. The Labute approximate surface area is 225 Å². The van der Waals surface area contributed by atoms with Crippen LogP contribution in [-0.4, -0.2) is 23.9 Å². The molecule has 0 bridgehead atoms. The lowest BCUT2D eigenvalue weighted by Crippen LogP contribution is -2.20. The van der Waals surface area contributed by atoms with E-state index in [1.165, 1.54) is 6.92 Å². The first-order valence-corrected chi connectivity index (χ1v) is 11.7. The molecule has 0 aliphatic carbocycles. The van der Waals surface area contributed by atoms with Crippen molar-refractivity contribution in [3.05, 3.63) is 74.8 Å². The van der Waals surface area contributed by atoms with Crippen molar-refractivity contribution in [2.24, 2.45) is 5.92 Å². The van der Waals surface area contributed by atoms with Crippen molar-refractivity contribution in [1.29, 1.82) is 0 Å². The van der Waals surface area contributed by atoms with Gasteiger partial charge in [0.2, 0.25) is 0 Å². The molecule has 2 aromatic rings. The molecule has 0 fully saturated rings. The Morgan fingerprint density at radius 1 is 0.872 bits per heavy atom. The molecule has 2 atom stereocenters. The number of carbonyl (C=O) groups excluding carboxylic acids is 2. The van der Waals surface area contributed by atoms with Gasteiger partial charge in [0.15, 0.2) is 5.78 Å². The third kappa shape index (κ3) is 9.82. The molecule has 1 unspecified atom stereocenters. The highest BCUT2D eigenvalue weighted by molar-refractivity contribution is 6.34. The number of ketones is 2. The highest BCUT2D eigenvalue weighted by Crippen LogP contribution is 2.41. The fourth-order valence-electron chi connectivity index (χ4n) is 3.73. The normalized spacial score (nSPS) is 14.7. The Bertz CT molecular complexity index is 1230. The number of carbonyl (C=O) groups is 2. The summed E-state index contributed by atoms with van der Waals surface area (Å²) in [7, 11) is 0. The molecule has 39 heavy (non-hydrogen) atoms. The zero-order valence-corrected chi connectivity index (χ0v) is 21.2. The minimum atomic E-state index is -5.25. The van der Waals surface area contributed by atoms with Gasteiger partial charge in [0, 0.05) is 34.0 Å². The van der Waals surface area contributed by atoms with Crippen LogP contribution in [0.15, 0.2) is 42.5 Å². The van der Waals surface area contributed by atoms with Crippen LogP contribution in [0.3, 0.4) is 0 Å². The molecule has 2 aromatic carbocycles. The Hall–Kier alpha value is -2.60. The Balaban J connectivity index is 2.41. The first kappa shape index (κ1) is 32.6. The third-order valence-corrected chi connectivity index (χ3v) is 5.75. The molecule has 2 rings (SSSR count). The van der Waals surface area contributed by atoms with E-state index in [4.69, 9.17) is 23.2 Å². The van der Waals surface area contributed by atoms with Crippen molar-refractivity contribution in [2.45, 2.75) is 50.6 Å². The summed E-state index contributed by atoms with van der Waals surface area (Å²) < 4.78 is 134. The Morgan fingerprint density at radius 2 is 1.44 bits per heavy atom. The van der Waals surface area contributed by atoms with Crippen molar-refractivity contribution in [3.63, 3.8) is 0 Å². The molecule has 0 aliphatic rings. The largest absolute Gasteiger partial charge is 0.417 e. The van der Waals surface area contributed by atoms with Crippen LogP contribution in [0.1, 0.15) is 59.2 Å². The van der Waals surface area contributed by atoms with Crippen LogP contribution in [0, 0.1) is 5.92 Å². The highest BCUT2D eigenvalue weighted by Gasteiger charge is 2.41. The molecule has 0 radical (unpaired) electrons. The van der Waals surface area contributed by atoms with Gasteiger partial charge in [-0.3, -0.25) is 9.59 Å². The second-order valence-electron chi connectivity index (χ2n) is 8.76. The van der Waals surface area contributed by atoms with Crippen molar-refractivity contribution >= 4 is 40.6 Å². The summed E-state index contributed by atoms with van der Waals surface area (Å²) in [6.45, 7) is 1.19. The van der Waals surface area contributed by atoms with E-state index in [-0.39, 0.29) is 22.2 Å². The van der Waals surface area contributed by atoms with Gasteiger partial charge in [-0.1, -0.05) is 42.3 Å². The SMILES string of the molecule is C[C@H](CC(=O)CC(F)(F)F)CC(=O)c1ccc(/C(F)=C/C(c2cc(Cl)cc(Cl)c2)C(F)(F)F)cc1C(F)(F)F. The van der Waals surface area contributed by atoms with Crippen LogP contribution in [0.25, 0.3) is 5.83 Å². The van der Waals surface area contributed by atoms with E-state index >= 15 is 0 Å². The lowest BCUT2D eigenvalue weighted by Gasteiger charge is -2.19. The van der Waals surface area contributed by atoms with E-state index in [0.29, 0.717) is 12.1 Å². The van der Waals surface area contributed by atoms with Crippen molar-refractivity contribution < 1.29 is 53.5 Å². The summed E-state index contributed by atoms with van der Waals surface area (Å²) in [6.07, 6.45) is -18.3. The summed E-state index contributed by atoms with van der Waals surface area (Å²) in [5.74, 6) is -7.85. The van der Waals surface area contributed by atoms with E-state index in [0.717, 1.165) is 18.2 Å². The van der Waals surface area contributed by atoms with Crippen molar-refractivity contribution in [2.75, 3.05) is 0 Å². The molecule has 2 nitrogen and oxygen atoms in total. The zero-order valence-electron chi connectivity index (χ0n) is 19.7. The molecule has 214 valence electrons. The topological polar surface area (TPSA) is 34.1 Å². The molecule has 0 saturated carbocycles. The molecule has 0 spiro atoms. The number of alkyl halides is 9. The summed E-state index contributed by atoms with van der Waals surface area (Å²) in [4.78, 5) is 24.0.